The summed E-state index contributed by atoms with van der Waals surface area (Å²) in [6.45, 7) is 1.12. The summed E-state index contributed by atoms with van der Waals surface area (Å²) < 4.78 is 5.42. The molecule has 2 aromatic rings. The highest BCUT2D eigenvalue weighted by molar-refractivity contribution is 6.02. The van der Waals surface area contributed by atoms with Gasteiger partial charge in [-0.1, -0.05) is 12.5 Å². The summed E-state index contributed by atoms with van der Waals surface area (Å²) in [6.07, 6.45) is 4.61. The number of ether oxygens (including phenoxy) is 1. The number of amides is 3. The number of benzene rings is 1. The lowest BCUT2D eigenvalue weighted by molar-refractivity contribution is -0.126. The molecule has 2 aliphatic heterocycles. The molecule has 1 aromatic heterocycles. The lowest BCUT2D eigenvalue weighted by Crippen LogP contribution is -2.49. The summed E-state index contributed by atoms with van der Waals surface area (Å²) in [5, 5.41) is 16.0. The number of hydrogen-bond acceptors (Lipinski definition) is 5. The van der Waals surface area contributed by atoms with Crippen molar-refractivity contribution < 1.29 is 19.1 Å². The Bertz CT molecular complexity index is 1180. The number of methoxy groups -OCH3 is 1. The lowest BCUT2D eigenvalue weighted by Gasteiger charge is -2.37. The van der Waals surface area contributed by atoms with Crippen LogP contribution in [0.4, 0.5) is 0 Å². The molecule has 0 bridgehead atoms. The standard InChI is InChI=1S/C25H29N5O4/c1-34-21-5-2-4-18-17(21)11-19(29-18)24(33)30-14-25(7-3-8-25)12-20(30)23(32)28-16(13-26)10-15-6-9-27-22(15)31/h2,4-5,11,15-16,20,29H,3,6-10,12,14H2,1H3,(H,27,31)(H,28,32)/t15?,16-,20?/m0/s1. The van der Waals surface area contributed by atoms with E-state index in [0.29, 0.717) is 37.4 Å². The van der Waals surface area contributed by atoms with Crippen molar-refractivity contribution in [1.29, 1.82) is 5.26 Å². The highest BCUT2D eigenvalue weighted by Gasteiger charge is 2.52. The van der Waals surface area contributed by atoms with Gasteiger partial charge in [-0.3, -0.25) is 14.4 Å². The number of fused-ring (bicyclic) bond motifs is 1. The van der Waals surface area contributed by atoms with Crippen LogP contribution < -0.4 is 15.4 Å². The fourth-order valence-corrected chi connectivity index (χ4v) is 5.68. The number of nitriles is 1. The number of aromatic amines is 1. The maximum absolute atomic E-state index is 13.6. The predicted octanol–water partition coefficient (Wildman–Crippen LogP) is 2.10. The maximum atomic E-state index is 13.6. The van der Waals surface area contributed by atoms with E-state index in [-0.39, 0.29) is 35.5 Å². The van der Waals surface area contributed by atoms with Crippen LogP contribution in [0.5, 0.6) is 5.75 Å². The number of carbonyl (C=O) groups is 3. The molecule has 3 atom stereocenters. The molecule has 3 fully saturated rings. The van der Waals surface area contributed by atoms with Gasteiger partial charge < -0.3 is 25.3 Å². The van der Waals surface area contributed by atoms with Crippen LogP contribution >= 0.6 is 0 Å². The van der Waals surface area contributed by atoms with Gasteiger partial charge in [-0.25, -0.2) is 0 Å². The Kier molecular flexibility index (Phi) is 5.68. The number of carbonyl (C=O) groups excluding carboxylic acids is 3. The molecule has 3 N–H and O–H groups in total. The molecule has 9 heteroatoms. The topological polar surface area (TPSA) is 127 Å². The van der Waals surface area contributed by atoms with Gasteiger partial charge in [-0.15, -0.1) is 0 Å². The molecule has 178 valence electrons. The first kappa shape index (κ1) is 22.3. The Hall–Kier alpha value is -3.54. The van der Waals surface area contributed by atoms with Gasteiger partial charge in [0.25, 0.3) is 5.91 Å². The Balaban J connectivity index is 1.36. The van der Waals surface area contributed by atoms with Crippen LogP contribution in [0.2, 0.25) is 0 Å². The average molecular weight is 464 g/mol. The van der Waals surface area contributed by atoms with E-state index in [1.54, 1.807) is 18.1 Å². The van der Waals surface area contributed by atoms with E-state index < -0.39 is 12.1 Å². The van der Waals surface area contributed by atoms with Crippen molar-refractivity contribution in [2.45, 2.75) is 50.6 Å². The summed E-state index contributed by atoms with van der Waals surface area (Å²) in [5.74, 6) is -0.228. The third-order valence-corrected chi connectivity index (χ3v) is 7.72. The maximum Gasteiger partial charge on any atom is 0.271 e. The van der Waals surface area contributed by atoms with E-state index in [1.807, 2.05) is 18.2 Å². The molecule has 2 unspecified atom stereocenters. The highest BCUT2D eigenvalue weighted by atomic mass is 16.5. The van der Waals surface area contributed by atoms with Crippen LogP contribution in [0.1, 0.15) is 49.0 Å². The van der Waals surface area contributed by atoms with Gasteiger partial charge in [0, 0.05) is 29.9 Å². The number of aromatic nitrogens is 1. The minimum Gasteiger partial charge on any atom is -0.496 e. The first-order valence-corrected chi connectivity index (χ1v) is 11.9. The van der Waals surface area contributed by atoms with Crippen LogP contribution in [-0.2, 0) is 9.59 Å². The van der Waals surface area contributed by atoms with Crippen molar-refractivity contribution in [3.63, 3.8) is 0 Å². The van der Waals surface area contributed by atoms with Crippen LogP contribution in [0, 0.1) is 22.7 Å². The number of nitrogens with zero attached hydrogens (tertiary/aromatic N) is 2. The van der Waals surface area contributed by atoms with Crippen LogP contribution in [0.3, 0.4) is 0 Å². The molecule has 34 heavy (non-hydrogen) atoms. The van der Waals surface area contributed by atoms with Crippen LogP contribution in [0.25, 0.3) is 10.9 Å². The largest absolute Gasteiger partial charge is 0.496 e. The summed E-state index contributed by atoms with van der Waals surface area (Å²) in [5.41, 5.74) is 1.17. The Labute approximate surface area is 197 Å². The second-order valence-corrected chi connectivity index (χ2v) is 9.81. The monoisotopic (exact) mass is 463 g/mol. The summed E-state index contributed by atoms with van der Waals surface area (Å²) in [7, 11) is 1.59. The summed E-state index contributed by atoms with van der Waals surface area (Å²) >= 11 is 0. The van der Waals surface area contributed by atoms with E-state index in [1.165, 1.54) is 0 Å². The fraction of sp³-hybridized carbons (Fsp3) is 0.520. The average Bonchev–Trinajstić information content (AvgIpc) is 3.54. The number of hydrogen-bond donors (Lipinski definition) is 3. The zero-order valence-electron chi connectivity index (χ0n) is 19.2. The van der Waals surface area contributed by atoms with Gasteiger partial charge in [-0.05, 0) is 55.7 Å². The molecule has 2 saturated heterocycles. The van der Waals surface area contributed by atoms with Gasteiger partial charge in [0.2, 0.25) is 11.8 Å². The Morgan fingerprint density at radius 3 is 2.85 bits per heavy atom. The van der Waals surface area contributed by atoms with E-state index >= 15 is 0 Å². The van der Waals surface area contributed by atoms with E-state index in [9.17, 15) is 19.6 Å². The third-order valence-electron chi connectivity index (χ3n) is 7.72. The predicted molar refractivity (Wildman–Crippen MR) is 124 cm³/mol. The van der Waals surface area contributed by atoms with Crippen molar-refractivity contribution in [3.8, 4) is 11.8 Å². The third kappa shape index (κ3) is 3.87. The molecule has 1 aliphatic carbocycles. The Morgan fingerprint density at radius 1 is 1.38 bits per heavy atom. The number of H-pyrrole nitrogens is 1. The van der Waals surface area contributed by atoms with Crippen molar-refractivity contribution in [3.05, 3.63) is 30.0 Å². The molecule has 9 nitrogen and oxygen atoms in total. The fourth-order valence-electron chi connectivity index (χ4n) is 5.68. The zero-order chi connectivity index (χ0) is 23.9. The summed E-state index contributed by atoms with van der Waals surface area (Å²) in [6, 6.07) is 8.06. The van der Waals surface area contributed by atoms with Crippen molar-refractivity contribution in [1.82, 2.24) is 20.5 Å². The van der Waals surface area contributed by atoms with E-state index in [4.69, 9.17) is 4.74 Å². The number of likely N-dealkylation sites (tertiary alicyclic amines) is 1. The van der Waals surface area contributed by atoms with E-state index in [0.717, 1.165) is 30.2 Å². The first-order valence-electron chi connectivity index (χ1n) is 11.9. The van der Waals surface area contributed by atoms with Gasteiger partial charge in [0.05, 0.1) is 13.2 Å². The molecule has 1 saturated carbocycles. The smallest absolute Gasteiger partial charge is 0.271 e. The molecule has 3 amide bonds. The first-order chi connectivity index (χ1) is 16.4. The van der Waals surface area contributed by atoms with Crippen molar-refractivity contribution in [2.75, 3.05) is 20.2 Å². The normalized spacial score (nSPS) is 23.9. The van der Waals surface area contributed by atoms with E-state index in [2.05, 4.69) is 21.7 Å². The van der Waals surface area contributed by atoms with Gasteiger partial charge >= 0.3 is 0 Å². The number of nitrogens with one attached hydrogen (secondary N) is 3. The summed E-state index contributed by atoms with van der Waals surface area (Å²) in [4.78, 5) is 43.7. The molecule has 1 spiro atoms. The van der Waals surface area contributed by atoms with Crippen LogP contribution in [-0.4, -0.2) is 59.9 Å². The lowest BCUT2D eigenvalue weighted by atomic mass is 9.67. The number of rotatable bonds is 6. The van der Waals surface area contributed by atoms with Crippen LogP contribution in [0.15, 0.2) is 24.3 Å². The molecular weight excluding hydrogens is 434 g/mol. The van der Waals surface area contributed by atoms with Gasteiger partial charge in [0.15, 0.2) is 0 Å². The molecule has 0 radical (unpaired) electrons. The minimum atomic E-state index is -0.770. The molecular formula is C25H29N5O4. The Morgan fingerprint density at radius 2 is 2.21 bits per heavy atom. The second kappa shape index (κ2) is 8.67. The second-order valence-electron chi connectivity index (χ2n) is 9.81. The molecule has 3 heterocycles. The molecule has 1 aromatic carbocycles. The minimum absolute atomic E-state index is 0.0329. The van der Waals surface area contributed by atoms with Gasteiger partial charge in [0.1, 0.15) is 23.5 Å². The molecule has 3 aliphatic rings. The quantitative estimate of drug-likeness (QED) is 0.605. The van der Waals surface area contributed by atoms with Crippen molar-refractivity contribution in [2.24, 2.45) is 11.3 Å². The highest BCUT2D eigenvalue weighted by Crippen LogP contribution is 2.50. The molecule has 5 rings (SSSR count). The zero-order valence-corrected chi connectivity index (χ0v) is 19.2. The van der Waals surface area contributed by atoms with Crippen molar-refractivity contribution >= 4 is 28.6 Å². The SMILES string of the molecule is COc1cccc2[nH]c(C(=O)N3CC4(CCC4)CC3C(=O)N[C@H](C#N)CC3CCNC3=O)cc12. The van der Waals surface area contributed by atoms with Gasteiger partial charge in [-0.2, -0.15) is 5.26 Å².